The van der Waals surface area contributed by atoms with Crippen molar-refractivity contribution in [2.24, 2.45) is 0 Å². The lowest BCUT2D eigenvalue weighted by Gasteiger charge is -2.18. The summed E-state index contributed by atoms with van der Waals surface area (Å²) in [6, 6.07) is 24.1. The van der Waals surface area contributed by atoms with Gasteiger partial charge < -0.3 is 4.74 Å². The van der Waals surface area contributed by atoms with Crippen molar-refractivity contribution in [1.82, 2.24) is 28.7 Å². The van der Waals surface area contributed by atoms with Crippen molar-refractivity contribution in [2.75, 3.05) is 19.7 Å². The summed E-state index contributed by atoms with van der Waals surface area (Å²) in [4.78, 5) is 18.7. The van der Waals surface area contributed by atoms with Gasteiger partial charge in [0, 0.05) is 30.4 Å². The van der Waals surface area contributed by atoms with Crippen LogP contribution in [0.4, 0.5) is 0 Å². The Balaban J connectivity index is 1.34. The topological polar surface area (TPSA) is 112 Å². The van der Waals surface area contributed by atoms with Crippen LogP contribution in [0, 0.1) is 0 Å². The van der Waals surface area contributed by atoms with Gasteiger partial charge >= 0.3 is 0 Å². The number of unbranched alkanes of at least 4 members (excludes halogenated alkanes) is 1. The Hall–Kier alpha value is -4.91. The van der Waals surface area contributed by atoms with E-state index in [0.717, 1.165) is 29.8 Å². The van der Waals surface area contributed by atoms with Crippen LogP contribution in [-0.2, 0) is 10.0 Å². The van der Waals surface area contributed by atoms with E-state index in [2.05, 4.69) is 17.0 Å². The Labute approximate surface area is 283 Å². The second kappa shape index (κ2) is 14.5. The van der Waals surface area contributed by atoms with E-state index in [1.807, 2.05) is 86.8 Å². The van der Waals surface area contributed by atoms with E-state index in [4.69, 9.17) is 9.84 Å². The molecule has 0 fully saturated rings. The quantitative estimate of drug-likeness (QED) is 0.139. The highest BCUT2D eigenvalue weighted by molar-refractivity contribution is 7.89. The molecule has 0 radical (unpaired) electrons. The van der Waals surface area contributed by atoms with Crippen molar-refractivity contribution in [3.05, 3.63) is 117 Å². The monoisotopic (exact) mass is 680 g/mol. The SMILES string of the molecule is CCCCOc1ccc(/C=C/c2nc3s/c(=C\c4cn(-c5ccccc5)nc4-c4cccc(S(=O)(=O)N(CC)CC)c4)c(=O)n3n2)cc1. The van der Waals surface area contributed by atoms with Gasteiger partial charge in [-0.3, -0.25) is 4.79 Å². The molecule has 10 nitrogen and oxygen atoms in total. The summed E-state index contributed by atoms with van der Waals surface area (Å²) >= 11 is 1.23. The third kappa shape index (κ3) is 7.01. The minimum Gasteiger partial charge on any atom is -0.494 e. The lowest BCUT2D eigenvalue weighted by atomic mass is 10.1. The molecule has 0 spiro atoms. The Morgan fingerprint density at radius 3 is 2.40 bits per heavy atom. The van der Waals surface area contributed by atoms with Crippen LogP contribution < -0.4 is 14.8 Å². The molecule has 0 bridgehead atoms. The number of sulfonamides is 1. The van der Waals surface area contributed by atoms with E-state index in [0.29, 0.717) is 51.8 Å². The van der Waals surface area contributed by atoms with Gasteiger partial charge in [0.2, 0.25) is 15.0 Å². The number of rotatable bonds is 13. The van der Waals surface area contributed by atoms with E-state index in [-0.39, 0.29) is 10.5 Å². The summed E-state index contributed by atoms with van der Waals surface area (Å²) in [5, 5.41) is 9.28. The number of hydrogen-bond acceptors (Lipinski definition) is 8. The Kier molecular flexibility index (Phi) is 9.95. The standard InChI is InChI=1S/C36H36N6O4S2/c1-4-7-22-46-30-19-16-26(17-20-30)18-21-33-37-36-42(38-33)35(43)32(47-36)24-28-25-41(29-13-9-8-10-14-29)39-34(28)27-12-11-15-31(23-27)48(44,45)40(5-2)6-3/h8-21,23-25H,4-7,22H2,1-3H3/b21-18+,32-24-. The van der Waals surface area contributed by atoms with Crippen LogP contribution in [0.15, 0.2) is 94.7 Å². The Bertz CT molecular complexity index is 2270. The average Bonchev–Trinajstić information content (AvgIpc) is 3.80. The van der Waals surface area contributed by atoms with Crippen LogP contribution in [0.25, 0.3) is 40.1 Å². The predicted octanol–water partition coefficient (Wildman–Crippen LogP) is 5.93. The maximum absolute atomic E-state index is 13.5. The Morgan fingerprint density at radius 2 is 1.69 bits per heavy atom. The third-order valence-corrected chi connectivity index (χ3v) is 10.8. The molecular formula is C36H36N6O4S2. The maximum Gasteiger partial charge on any atom is 0.291 e. The molecule has 0 aliphatic rings. The number of aromatic nitrogens is 5. The van der Waals surface area contributed by atoms with Gasteiger partial charge in [-0.15, -0.1) is 5.10 Å². The first kappa shape index (κ1) is 33.0. The molecule has 0 saturated heterocycles. The van der Waals surface area contributed by atoms with Crippen LogP contribution in [0.2, 0.25) is 0 Å². The number of ether oxygens (including phenoxy) is 1. The molecule has 0 aliphatic heterocycles. The third-order valence-electron chi connectivity index (χ3n) is 7.77. The molecule has 6 rings (SSSR count). The molecule has 6 aromatic rings. The highest BCUT2D eigenvalue weighted by Crippen LogP contribution is 2.28. The van der Waals surface area contributed by atoms with Gasteiger partial charge in [-0.1, -0.05) is 87.1 Å². The minimum atomic E-state index is -3.69. The second-order valence-electron chi connectivity index (χ2n) is 11.0. The number of hydrogen-bond donors (Lipinski definition) is 0. The number of fused-ring (bicyclic) bond motifs is 1. The van der Waals surface area contributed by atoms with Crippen molar-refractivity contribution >= 4 is 44.5 Å². The molecule has 246 valence electrons. The van der Waals surface area contributed by atoms with Gasteiger partial charge in [0.05, 0.1) is 21.7 Å². The Morgan fingerprint density at radius 1 is 0.917 bits per heavy atom. The van der Waals surface area contributed by atoms with Crippen molar-refractivity contribution in [2.45, 2.75) is 38.5 Å². The molecule has 0 unspecified atom stereocenters. The van der Waals surface area contributed by atoms with Crippen molar-refractivity contribution in [1.29, 1.82) is 0 Å². The molecule has 0 amide bonds. The number of thiazole rings is 1. The summed E-state index contributed by atoms with van der Waals surface area (Å²) in [6.45, 7) is 7.19. The molecule has 12 heteroatoms. The second-order valence-corrected chi connectivity index (χ2v) is 14.0. The fraction of sp³-hybridized carbons (Fsp3) is 0.222. The lowest BCUT2D eigenvalue weighted by molar-refractivity contribution is 0.309. The van der Waals surface area contributed by atoms with Crippen LogP contribution in [-0.4, -0.2) is 56.8 Å². The van der Waals surface area contributed by atoms with Gasteiger partial charge in [-0.05, 0) is 60.5 Å². The highest BCUT2D eigenvalue weighted by Gasteiger charge is 2.23. The first-order chi connectivity index (χ1) is 23.3. The van der Waals surface area contributed by atoms with Crippen LogP contribution in [0.5, 0.6) is 5.75 Å². The normalized spacial score (nSPS) is 12.5. The van der Waals surface area contributed by atoms with Crippen molar-refractivity contribution in [3.63, 3.8) is 0 Å². The fourth-order valence-corrected chi connectivity index (χ4v) is 7.60. The maximum atomic E-state index is 13.5. The zero-order valence-corrected chi connectivity index (χ0v) is 28.6. The largest absolute Gasteiger partial charge is 0.494 e. The van der Waals surface area contributed by atoms with E-state index in [9.17, 15) is 13.2 Å². The van der Waals surface area contributed by atoms with E-state index < -0.39 is 10.0 Å². The zero-order valence-electron chi connectivity index (χ0n) is 27.0. The predicted molar refractivity (Wildman–Crippen MR) is 191 cm³/mol. The number of nitrogens with zero attached hydrogens (tertiary/aromatic N) is 6. The first-order valence-corrected chi connectivity index (χ1v) is 18.1. The van der Waals surface area contributed by atoms with Gasteiger partial charge in [-0.2, -0.15) is 18.9 Å². The van der Waals surface area contributed by atoms with E-state index in [1.165, 1.54) is 20.2 Å². The van der Waals surface area contributed by atoms with E-state index >= 15 is 0 Å². The number of benzene rings is 3. The molecule has 0 N–H and O–H groups in total. The first-order valence-electron chi connectivity index (χ1n) is 15.9. The summed E-state index contributed by atoms with van der Waals surface area (Å²) in [5.74, 6) is 1.26. The molecule has 3 heterocycles. The van der Waals surface area contributed by atoms with Gasteiger partial charge in [0.25, 0.3) is 5.56 Å². The minimum absolute atomic E-state index is 0.184. The van der Waals surface area contributed by atoms with Crippen molar-refractivity contribution < 1.29 is 13.2 Å². The molecule has 48 heavy (non-hydrogen) atoms. The molecule has 3 aromatic carbocycles. The molecule has 0 saturated carbocycles. The van der Waals surface area contributed by atoms with Gasteiger partial charge in [-0.25, -0.2) is 13.1 Å². The number of para-hydroxylation sites is 1. The molecular weight excluding hydrogens is 645 g/mol. The lowest BCUT2D eigenvalue weighted by Crippen LogP contribution is -2.30. The van der Waals surface area contributed by atoms with Crippen LogP contribution in [0.1, 0.15) is 50.6 Å². The zero-order chi connectivity index (χ0) is 33.7. The molecule has 0 aliphatic carbocycles. The average molecular weight is 681 g/mol. The highest BCUT2D eigenvalue weighted by atomic mass is 32.2. The molecule has 3 aromatic heterocycles. The van der Waals surface area contributed by atoms with Gasteiger partial charge in [0.1, 0.15) is 11.4 Å². The fourth-order valence-electron chi connectivity index (χ4n) is 5.19. The summed E-state index contributed by atoms with van der Waals surface area (Å²) in [5.41, 5.74) is 3.30. The van der Waals surface area contributed by atoms with Crippen molar-refractivity contribution in [3.8, 4) is 22.7 Å². The summed E-state index contributed by atoms with van der Waals surface area (Å²) in [7, 11) is -3.69. The van der Waals surface area contributed by atoms with Crippen LogP contribution in [0.3, 0.4) is 0 Å². The van der Waals surface area contributed by atoms with Crippen LogP contribution >= 0.6 is 11.3 Å². The molecule has 0 atom stereocenters. The smallest absolute Gasteiger partial charge is 0.291 e. The summed E-state index contributed by atoms with van der Waals surface area (Å²) in [6.07, 6.45) is 9.36. The summed E-state index contributed by atoms with van der Waals surface area (Å²) < 4.78 is 37.3. The van der Waals surface area contributed by atoms with Gasteiger partial charge in [0.15, 0.2) is 5.82 Å². The van der Waals surface area contributed by atoms with E-state index in [1.54, 1.807) is 35.0 Å².